The van der Waals surface area contributed by atoms with Crippen molar-refractivity contribution in [1.82, 2.24) is 14.8 Å². The van der Waals surface area contributed by atoms with E-state index in [4.69, 9.17) is 16.3 Å². The average molecular weight is 357 g/mol. The van der Waals surface area contributed by atoms with Crippen LogP contribution < -0.4 is 4.90 Å². The van der Waals surface area contributed by atoms with Crippen molar-refractivity contribution in [2.45, 2.75) is 18.9 Å². The van der Waals surface area contributed by atoms with E-state index in [1.165, 1.54) is 12.3 Å². The number of likely N-dealkylation sites (N-methyl/N-ethyl adjacent to an activating group) is 1. The van der Waals surface area contributed by atoms with Crippen LogP contribution in [-0.2, 0) is 4.74 Å². The maximum absolute atomic E-state index is 14.1. The SMILES string of the molecule is CN(C(=O)N1CCOCC1)C1CCCN(c2ncc(Cl)cc2F)C1. The van der Waals surface area contributed by atoms with Gasteiger partial charge in [-0.25, -0.2) is 14.2 Å². The molecule has 1 aromatic rings. The van der Waals surface area contributed by atoms with Gasteiger partial charge in [0.1, 0.15) is 0 Å². The van der Waals surface area contributed by atoms with Gasteiger partial charge in [-0.15, -0.1) is 0 Å². The number of piperidine rings is 1. The normalized spacial score (nSPS) is 21.7. The first kappa shape index (κ1) is 17.2. The number of aromatic nitrogens is 1. The summed E-state index contributed by atoms with van der Waals surface area (Å²) < 4.78 is 19.4. The summed E-state index contributed by atoms with van der Waals surface area (Å²) in [6, 6.07) is 1.32. The first-order chi connectivity index (χ1) is 11.6. The summed E-state index contributed by atoms with van der Waals surface area (Å²) in [5, 5.41) is 0.282. The lowest BCUT2D eigenvalue weighted by molar-refractivity contribution is 0.0413. The molecule has 0 bridgehead atoms. The number of anilines is 1. The first-order valence-electron chi connectivity index (χ1n) is 8.21. The Balaban J connectivity index is 1.67. The number of amides is 2. The van der Waals surface area contributed by atoms with Crippen molar-refractivity contribution in [3.63, 3.8) is 0 Å². The summed E-state index contributed by atoms with van der Waals surface area (Å²) in [6.45, 7) is 3.69. The lowest BCUT2D eigenvalue weighted by Crippen LogP contribution is -2.54. The lowest BCUT2D eigenvalue weighted by atomic mass is 10.0. The number of pyridine rings is 1. The minimum Gasteiger partial charge on any atom is -0.378 e. The molecule has 1 unspecified atom stereocenters. The monoisotopic (exact) mass is 356 g/mol. The Morgan fingerprint density at radius 1 is 1.42 bits per heavy atom. The largest absolute Gasteiger partial charge is 0.378 e. The maximum Gasteiger partial charge on any atom is 0.320 e. The van der Waals surface area contributed by atoms with Gasteiger partial charge in [-0.2, -0.15) is 0 Å². The van der Waals surface area contributed by atoms with Gasteiger partial charge in [-0.3, -0.25) is 0 Å². The second kappa shape index (κ2) is 7.53. The van der Waals surface area contributed by atoms with E-state index in [0.29, 0.717) is 38.7 Å². The number of hydrogen-bond donors (Lipinski definition) is 0. The second-order valence-electron chi connectivity index (χ2n) is 6.19. The molecule has 0 saturated carbocycles. The zero-order chi connectivity index (χ0) is 17.1. The lowest BCUT2D eigenvalue weighted by Gasteiger charge is -2.40. The van der Waals surface area contributed by atoms with Crippen molar-refractivity contribution < 1.29 is 13.9 Å². The Hall–Kier alpha value is -1.60. The van der Waals surface area contributed by atoms with E-state index in [1.54, 1.807) is 4.90 Å². The molecule has 2 aliphatic heterocycles. The van der Waals surface area contributed by atoms with Gasteiger partial charge < -0.3 is 19.4 Å². The Bertz CT molecular complexity index is 597. The Morgan fingerprint density at radius 3 is 2.88 bits per heavy atom. The fourth-order valence-corrected chi connectivity index (χ4v) is 3.38. The van der Waals surface area contributed by atoms with Gasteiger partial charge in [0, 0.05) is 39.4 Å². The third kappa shape index (κ3) is 3.72. The fourth-order valence-electron chi connectivity index (χ4n) is 3.24. The quantitative estimate of drug-likeness (QED) is 0.815. The number of nitrogens with zero attached hydrogens (tertiary/aromatic N) is 4. The van der Waals surface area contributed by atoms with Gasteiger partial charge in [-0.1, -0.05) is 11.6 Å². The van der Waals surface area contributed by atoms with Gasteiger partial charge in [0.25, 0.3) is 0 Å². The molecule has 3 rings (SSSR count). The predicted molar refractivity (Wildman–Crippen MR) is 90.0 cm³/mol. The van der Waals surface area contributed by atoms with Crippen LogP contribution in [0.15, 0.2) is 12.3 Å². The van der Waals surface area contributed by atoms with Crippen LogP contribution in [-0.4, -0.2) is 73.3 Å². The highest BCUT2D eigenvalue weighted by Crippen LogP contribution is 2.25. The third-order valence-electron chi connectivity index (χ3n) is 4.62. The first-order valence-corrected chi connectivity index (χ1v) is 8.59. The number of halogens is 2. The molecule has 6 nitrogen and oxygen atoms in total. The van der Waals surface area contributed by atoms with E-state index < -0.39 is 5.82 Å². The number of rotatable bonds is 2. The molecule has 2 amide bonds. The number of hydrogen-bond acceptors (Lipinski definition) is 4. The van der Waals surface area contributed by atoms with E-state index in [1.807, 2.05) is 16.8 Å². The minimum absolute atomic E-state index is 0.00897. The molecular weight excluding hydrogens is 335 g/mol. The van der Waals surface area contributed by atoms with Crippen LogP contribution in [0.1, 0.15) is 12.8 Å². The standard InChI is InChI=1S/C16H22ClFN4O2/c1-20(16(23)21-5-7-24-8-6-21)13-3-2-4-22(11-13)15-14(18)9-12(17)10-19-15/h9-10,13H,2-8,11H2,1H3. The van der Waals surface area contributed by atoms with Crippen molar-refractivity contribution in [3.8, 4) is 0 Å². The zero-order valence-corrected chi connectivity index (χ0v) is 14.5. The maximum atomic E-state index is 14.1. The molecule has 1 aromatic heterocycles. The van der Waals surface area contributed by atoms with Crippen LogP contribution in [0.2, 0.25) is 5.02 Å². The van der Waals surface area contributed by atoms with E-state index in [9.17, 15) is 9.18 Å². The number of carbonyl (C=O) groups excluding carboxylic acids is 1. The molecule has 0 aromatic carbocycles. The molecule has 0 aliphatic carbocycles. The number of carbonyl (C=O) groups is 1. The summed E-state index contributed by atoms with van der Waals surface area (Å²) in [6.07, 6.45) is 3.24. The molecule has 0 N–H and O–H groups in total. The Morgan fingerprint density at radius 2 is 2.17 bits per heavy atom. The average Bonchev–Trinajstić information content (AvgIpc) is 2.61. The second-order valence-corrected chi connectivity index (χ2v) is 6.63. The molecule has 8 heteroatoms. The van der Waals surface area contributed by atoms with Gasteiger partial charge in [0.15, 0.2) is 11.6 Å². The topological polar surface area (TPSA) is 48.9 Å². The number of morpholine rings is 1. The molecule has 0 spiro atoms. The van der Waals surface area contributed by atoms with Crippen LogP contribution in [0, 0.1) is 5.82 Å². The summed E-state index contributed by atoms with van der Waals surface area (Å²) >= 11 is 5.77. The third-order valence-corrected chi connectivity index (χ3v) is 4.82. The molecule has 24 heavy (non-hydrogen) atoms. The highest BCUT2D eigenvalue weighted by atomic mass is 35.5. The van der Waals surface area contributed by atoms with Crippen molar-refractivity contribution in [2.24, 2.45) is 0 Å². The van der Waals surface area contributed by atoms with Crippen LogP contribution in [0.5, 0.6) is 0 Å². The van der Waals surface area contributed by atoms with Crippen LogP contribution >= 0.6 is 11.6 Å². The molecule has 2 saturated heterocycles. The summed E-state index contributed by atoms with van der Waals surface area (Å²) in [5.74, 6) is -0.123. The van der Waals surface area contributed by atoms with Crippen molar-refractivity contribution in [1.29, 1.82) is 0 Å². The molecule has 3 heterocycles. The molecule has 1 atom stereocenters. The van der Waals surface area contributed by atoms with Crippen molar-refractivity contribution in [3.05, 3.63) is 23.1 Å². The summed E-state index contributed by atoms with van der Waals surface area (Å²) in [4.78, 5) is 22.2. The summed E-state index contributed by atoms with van der Waals surface area (Å²) in [5.41, 5.74) is 0. The minimum atomic E-state index is -0.426. The van der Waals surface area contributed by atoms with Gasteiger partial charge in [-0.05, 0) is 18.9 Å². The Labute approximate surface area is 146 Å². The van der Waals surface area contributed by atoms with Crippen LogP contribution in [0.25, 0.3) is 0 Å². The molecule has 132 valence electrons. The van der Waals surface area contributed by atoms with E-state index >= 15 is 0 Å². The van der Waals surface area contributed by atoms with Crippen molar-refractivity contribution in [2.75, 3.05) is 51.3 Å². The smallest absolute Gasteiger partial charge is 0.320 e. The molecular formula is C16H22ClFN4O2. The van der Waals surface area contributed by atoms with Gasteiger partial charge >= 0.3 is 6.03 Å². The molecule has 0 radical (unpaired) electrons. The van der Waals surface area contributed by atoms with Gasteiger partial charge in [0.2, 0.25) is 0 Å². The molecule has 2 aliphatic rings. The number of urea groups is 1. The van der Waals surface area contributed by atoms with E-state index in [-0.39, 0.29) is 17.1 Å². The van der Waals surface area contributed by atoms with Crippen molar-refractivity contribution >= 4 is 23.4 Å². The Kier molecular flexibility index (Phi) is 5.40. The zero-order valence-electron chi connectivity index (χ0n) is 13.8. The van der Waals surface area contributed by atoms with E-state index in [0.717, 1.165) is 19.4 Å². The van der Waals surface area contributed by atoms with Crippen LogP contribution in [0.3, 0.4) is 0 Å². The number of ether oxygens (including phenoxy) is 1. The molecule has 2 fully saturated rings. The highest BCUT2D eigenvalue weighted by molar-refractivity contribution is 6.30. The fraction of sp³-hybridized carbons (Fsp3) is 0.625. The van der Waals surface area contributed by atoms with E-state index in [2.05, 4.69) is 4.98 Å². The summed E-state index contributed by atoms with van der Waals surface area (Å²) in [7, 11) is 1.82. The van der Waals surface area contributed by atoms with Gasteiger partial charge in [0.05, 0.1) is 24.3 Å². The highest BCUT2D eigenvalue weighted by Gasteiger charge is 2.30. The predicted octanol–water partition coefficient (Wildman–Crippen LogP) is 2.23. The van der Waals surface area contributed by atoms with Crippen LogP contribution in [0.4, 0.5) is 15.0 Å².